The van der Waals surface area contributed by atoms with E-state index < -0.39 is 0 Å². The van der Waals surface area contributed by atoms with Crippen LogP contribution in [0.2, 0.25) is 0 Å². The maximum absolute atomic E-state index is 9.71. The molecule has 4 rings (SSSR count). The Morgan fingerprint density at radius 1 is 1.04 bits per heavy atom. The first kappa shape index (κ1) is 16.0. The molecule has 0 amide bonds. The highest BCUT2D eigenvalue weighted by atomic mass is 16.5. The summed E-state index contributed by atoms with van der Waals surface area (Å²) in [7, 11) is 0. The number of aryl methyl sites for hydroxylation is 2. The molecule has 0 radical (unpaired) electrons. The van der Waals surface area contributed by atoms with Gasteiger partial charge in [-0.25, -0.2) is 0 Å². The zero-order valence-electron chi connectivity index (χ0n) is 14.6. The number of nitriles is 1. The molecule has 3 N–H and O–H groups in total. The van der Waals surface area contributed by atoms with Crippen molar-refractivity contribution in [3.63, 3.8) is 0 Å². The monoisotopic (exact) mass is 342 g/mol. The van der Waals surface area contributed by atoms with E-state index in [0.29, 0.717) is 11.5 Å². The van der Waals surface area contributed by atoms with E-state index in [0.717, 1.165) is 27.9 Å². The molecule has 5 heteroatoms. The Labute approximate surface area is 151 Å². The fourth-order valence-electron chi connectivity index (χ4n) is 3.28. The Kier molecular flexibility index (Phi) is 3.74. The Morgan fingerprint density at radius 3 is 2.27 bits per heavy atom. The van der Waals surface area contributed by atoms with E-state index >= 15 is 0 Å². The van der Waals surface area contributed by atoms with Crippen LogP contribution in [0.3, 0.4) is 0 Å². The summed E-state index contributed by atoms with van der Waals surface area (Å²) in [5.74, 6) is 0.203. The molecule has 1 aliphatic rings. The highest BCUT2D eigenvalue weighted by molar-refractivity contribution is 5.71. The quantitative estimate of drug-likeness (QED) is 0.739. The number of hydrogen-bond donors (Lipinski definition) is 2. The minimum Gasteiger partial charge on any atom is -0.420 e. The molecule has 1 unspecified atom stereocenters. The van der Waals surface area contributed by atoms with Crippen molar-refractivity contribution in [1.29, 1.82) is 5.26 Å². The van der Waals surface area contributed by atoms with Crippen LogP contribution in [0.4, 0.5) is 0 Å². The molecule has 0 saturated heterocycles. The number of fused-ring (bicyclic) bond motifs is 1. The molecule has 1 atom stereocenters. The molecule has 0 saturated carbocycles. The van der Waals surface area contributed by atoms with Crippen LogP contribution in [-0.2, 0) is 0 Å². The SMILES string of the molecule is Cc1ccc(-c2[nH]nc3c2C(c2ccc(C)cc2)C(C#N)=C(N)O3)cc1. The first-order valence-corrected chi connectivity index (χ1v) is 8.38. The Bertz CT molecular complexity index is 1040. The molecule has 128 valence electrons. The minimum atomic E-state index is -0.320. The molecule has 0 spiro atoms. The van der Waals surface area contributed by atoms with Gasteiger partial charge in [-0.1, -0.05) is 59.7 Å². The van der Waals surface area contributed by atoms with Crippen LogP contribution in [0, 0.1) is 25.2 Å². The molecule has 0 fully saturated rings. The normalized spacial score (nSPS) is 16.0. The van der Waals surface area contributed by atoms with Crippen molar-refractivity contribution in [2.75, 3.05) is 0 Å². The van der Waals surface area contributed by atoms with Crippen LogP contribution in [-0.4, -0.2) is 10.2 Å². The van der Waals surface area contributed by atoms with Gasteiger partial charge in [-0.05, 0) is 19.4 Å². The first-order chi connectivity index (χ1) is 12.6. The lowest BCUT2D eigenvalue weighted by Crippen LogP contribution is -2.21. The second kappa shape index (κ2) is 6.08. The third-order valence-corrected chi connectivity index (χ3v) is 4.69. The molecule has 2 aromatic carbocycles. The predicted molar refractivity (Wildman–Crippen MR) is 99.2 cm³/mol. The average molecular weight is 342 g/mol. The van der Waals surface area contributed by atoms with Crippen LogP contribution in [0.1, 0.15) is 28.2 Å². The number of nitrogens with zero attached hydrogens (tertiary/aromatic N) is 2. The second-order valence-corrected chi connectivity index (χ2v) is 6.52. The van der Waals surface area contributed by atoms with Crippen LogP contribution in [0.15, 0.2) is 60.0 Å². The summed E-state index contributed by atoms with van der Waals surface area (Å²) >= 11 is 0. The summed E-state index contributed by atoms with van der Waals surface area (Å²) in [5.41, 5.74) is 12.4. The molecular formula is C21H18N4O. The van der Waals surface area contributed by atoms with Crippen LogP contribution in [0.5, 0.6) is 5.88 Å². The van der Waals surface area contributed by atoms with Crippen LogP contribution in [0.25, 0.3) is 11.3 Å². The maximum Gasteiger partial charge on any atom is 0.244 e. The third-order valence-electron chi connectivity index (χ3n) is 4.69. The zero-order valence-corrected chi connectivity index (χ0v) is 14.6. The van der Waals surface area contributed by atoms with Crippen molar-refractivity contribution in [3.05, 3.63) is 82.2 Å². The van der Waals surface area contributed by atoms with Crippen molar-refractivity contribution >= 4 is 0 Å². The number of aromatic nitrogens is 2. The number of H-pyrrole nitrogens is 1. The number of allylic oxidation sites excluding steroid dienone is 1. The van der Waals surface area contributed by atoms with E-state index in [1.807, 2.05) is 62.4 Å². The van der Waals surface area contributed by atoms with Gasteiger partial charge in [0.05, 0.1) is 17.2 Å². The van der Waals surface area contributed by atoms with Gasteiger partial charge in [-0.2, -0.15) is 5.26 Å². The number of benzene rings is 2. The Hall–Kier alpha value is -3.52. The van der Waals surface area contributed by atoms with Gasteiger partial charge in [0.15, 0.2) is 0 Å². The summed E-state index contributed by atoms with van der Waals surface area (Å²) in [6.07, 6.45) is 0. The van der Waals surface area contributed by atoms with E-state index in [4.69, 9.17) is 10.5 Å². The second-order valence-electron chi connectivity index (χ2n) is 6.52. The van der Waals surface area contributed by atoms with Crippen molar-refractivity contribution in [2.45, 2.75) is 19.8 Å². The van der Waals surface area contributed by atoms with E-state index in [1.54, 1.807) is 0 Å². The molecule has 0 aliphatic carbocycles. The summed E-state index contributed by atoms with van der Waals surface area (Å²) in [6.45, 7) is 4.08. The van der Waals surface area contributed by atoms with Gasteiger partial charge >= 0.3 is 0 Å². The van der Waals surface area contributed by atoms with Gasteiger partial charge in [0.25, 0.3) is 0 Å². The Balaban J connectivity index is 1.93. The molecular weight excluding hydrogens is 324 g/mol. The molecule has 1 aliphatic heterocycles. The number of rotatable bonds is 2. The summed E-state index contributed by atoms with van der Waals surface area (Å²) in [5, 5.41) is 17.1. The lowest BCUT2D eigenvalue weighted by molar-refractivity contribution is 0.379. The van der Waals surface area contributed by atoms with Gasteiger partial charge in [-0.15, -0.1) is 5.10 Å². The molecule has 1 aromatic heterocycles. The molecule has 5 nitrogen and oxygen atoms in total. The molecule has 2 heterocycles. The number of ether oxygens (including phenoxy) is 1. The van der Waals surface area contributed by atoms with Gasteiger partial charge in [0.1, 0.15) is 11.6 Å². The molecule has 3 aromatic rings. The third kappa shape index (κ3) is 2.52. The average Bonchev–Trinajstić information content (AvgIpc) is 3.05. The predicted octanol–water partition coefficient (Wildman–Crippen LogP) is 3.91. The standard InChI is InChI=1S/C21H18N4O/c1-12-3-7-14(8-4-12)17-16(11-22)20(23)26-21-18(17)19(24-25-21)15-9-5-13(2)6-10-15/h3-10,17H,23H2,1-2H3,(H,24,25). The van der Waals surface area contributed by atoms with E-state index in [-0.39, 0.29) is 11.8 Å². The maximum atomic E-state index is 9.71. The van der Waals surface area contributed by atoms with Crippen LogP contribution >= 0.6 is 0 Å². The largest absolute Gasteiger partial charge is 0.420 e. The number of aromatic amines is 1. The summed E-state index contributed by atoms with van der Waals surface area (Å²) in [6, 6.07) is 18.5. The minimum absolute atomic E-state index is 0.104. The first-order valence-electron chi connectivity index (χ1n) is 8.38. The highest BCUT2D eigenvalue weighted by Gasteiger charge is 2.35. The van der Waals surface area contributed by atoms with Gasteiger partial charge < -0.3 is 10.5 Å². The van der Waals surface area contributed by atoms with Crippen LogP contribution < -0.4 is 10.5 Å². The van der Waals surface area contributed by atoms with Gasteiger partial charge in [-0.3, -0.25) is 5.10 Å². The summed E-state index contributed by atoms with van der Waals surface area (Å²) in [4.78, 5) is 0. The lowest BCUT2D eigenvalue weighted by Gasteiger charge is -2.24. The number of nitrogens with one attached hydrogen (secondary N) is 1. The van der Waals surface area contributed by atoms with Crippen molar-refractivity contribution in [2.24, 2.45) is 5.73 Å². The van der Waals surface area contributed by atoms with Crippen molar-refractivity contribution in [3.8, 4) is 23.2 Å². The lowest BCUT2D eigenvalue weighted by atomic mass is 9.83. The molecule has 26 heavy (non-hydrogen) atoms. The number of nitrogens with two attached hydrogens (primary N) is 1. The summed E-state index contributed by atoms with van der Waals surface area (Å²) < 4.78 is 5.63. The zero-order chi connectivity index (χ0) is 18.3. The fourth-order valence-corrected chi connectivity index (χ4v) is 3.28. The van der Waals surface area contributed by atoms with Crippen molar-refractivity contribution < 1.29 is 4.74 Å². The topological polar surface area (TPSA) is 87.7 Å². The number of hydrogen-bond acceptors (Lipinski definition) is 4. The van der Waals surface area contributed by atoms with Crippen molar-refractivity contribution in [1.82, 2.24) is 10.2 Å². The fraction of sp³-hybridized carbons (Fsp3) is 0.143. The van der Waals surface area contributed by atoms with E-state index in [2.05, 4.69) is 16.3 Å². The molecule has 0 bridgehead atoms. The smallest absolute Gasteiger partial charge is 0.244 e. The van der Waals surface area contributed by atoms with Gasteiger partial charge in [0, 0.05) is 5.56 Å². The van der Waals surface area contributed by atoms with Gasteiger partial charge in [0.2, 0.25) is 11.8 Å². The Morgan fingerprint density at radius 2 is 1.65 bits per heavy atom. The highest BCUT2D eigenvalue weighted by Crippen LogP contribution is 2.45. The van der Waals surface area contributed by atoms with E-state index in [9.17, 15) is 5.26 Å². The van der Waals surface area contributed by atoms with E-state index in [1.165, 1.54) is 5.56 Å².